The highest BCUT2D eigenvalue weighted by Gasteiger charge is 2.48. The van der Waals surface area contributed by atoms with Gasteiger partial charge in [-0.1, -0.05) is 285 Å². The number of hydrogen-bond acceptors (Lipinski definition) is 2. The minimum Gasteiger partial charge on any atom is -0.310 e. The number of hydrogen-bond donors (Lipinski definition) is 0. The zero-order valence-electron chi connectivity index (χ0n) is 48.4. The minimum atomic E-state index is -0.553. The van der Waals surface area contributed by atoms with Crippen LogP contribution in [0, 0.1) is 0 Å². The van der Waals surface area contributed by atoms with Gasteiger partial charge in [0, 0.05) is 33.8 Å². The van der Waals surface area contributed by atoms with Crippen LogP contribution in [0.4, 0.5) is 34.1 Å². The maximum atomic E-state index is 2.49. The molecular weight excluding hydrogens is 1060 g/mol. The molecule has 2 nitrogen and oxygen atoms in total. The van der Waals surface area contributed by atoms with E-state index in [2.05, 4.69) is 362 Å². The molecule has 0 atom stereocenters. The number of anilines is 6. The summed E-state index contributed by atoms with van der Waals surface area (Å²) in [5.41, 5.74) is 22.9. The maximum Gasteiger partial charge on any atom is 0.0714 e. The summed E-state index contributed by atoms with van der Waals surface area (Å²) in [6, 6.07) is 131. The fourth-order valence-corrected chi connectivity index (χ4v) is 15.2. The Morgan fingerprint density at radius 1 is 0.193 bits per heavy atom. The molecule has 0 fully saturated rings. The first-order chi connectivity index (χ1) is 43.6. The molecule has 0 aliphatic heterocycles. The average molecular weight is 1120 g/mol. The second kappa shape index (κ2) is 20.7. The van der Waals surface area contributed by atoms with Crippen molar-refractivity contribution in [3.8, 4) is 33.4 Å². The summed E-state index contributed by atoms with van der Waals surface area (Å²) in [5, 5.41) is 7.14. The average Bonchev–Trinajstić information content (AvgIpc) is 1.58. The summed E-state index contributed by atoms with van der Waals surface area (Å²) >= 11 is 0. The molecule has 0 amide bonds. The van der Waals surface area contributed by atoms with Crippen molar-refractivity contribution in [2.45, 2.75) is 10.8 Å². The molecule has 0 unspecified atom stereocenters. The van der Waals surface area contributed by atoms with E-state index in [4.69, 9.17) is 0 Å². The second-order valence-electron chi connectivity index (χ2n) is 23.5. The summed E-state index contributed by atoms with van der Waals surface area (Å²) < 4.78 is 0. The molecule has 412 valence electrons. The molecule has 17 rings (SSSR count). The quantitative estimate of drug-likeness (QED) is 0.127. The van der Waals surface area contributed by atoms with Gasteiger partial charge in [-0.15, -0.1) is 0 Å². The topological polar surface area (TPSA) is 6.48 Å². The summed E-state index contributed by atoms with van der Waals surface area (Å²) in [6.07, 6.45) is 0. The SMILES string of the molecule is c1ccc(C2(c3ccccc3)c3ccccc3-c3ccc(N(c4ccc(-c5ccc(N(c6ccc7c(c6)C(c6ccccc6)(c6ccccc6)c6ccccc6-7)c6ccc7ccccc7c6)c6ccccc56)cc4)c4ccc5ccccc5c4)cc32)cc1. The lowest BCUT2D eigenvalue weighted by Gasteiger charge is -2.35. The molecule has 0 saturated heterocycles. The third kappa shape index (κ3) is 7.89. The molecule has 0 bridgehead atoms. The van der Waals surface area contributed by atoms with E-state index in [0.717, 1.165) is 45.1 Å². The van der Waals surface area contributed by atoms with E-state index in [0.29, 0.717) is 0 Å². The van der Waals surface area contributed by atoms with Gasteiger partial charge in [0.15, 0.2) is 0 Å². The van der Waals surface area contributed by atoms with Crippen LogP contribution in [-0.4, -0.2) is 0 Å². The second-order valence-corrected chi connectivity index (χ2v) is 23.5. The van der Waals surface area contributed by atoms with Crippen molar-refractivity contribution in [1.82, 2.24) is 0 Å². The molecule has 0 N–H and O–H groups in total. The van der Waals surface area contributed by atoms with Crippen molar-refractivity contribution < 1.29 is 0 Å². The van der Waals surface area contributed by atoms with Crippen LogP contribution in [0.3, 0.4) is 0 Å². The summed E-state index contributed by atoms with van der Waals surface area (Å²) in [6.45, 7) is 0. The van der Waals surface area contributed by atoms with Crippen molar-refractivity contribution in [3.63, 3.8) is 0 Å². The fraction of sp³-hybridized carbons (Fsp3) is 0.0233. The Morgan fingerprint density at radius 3 is 1.02 bits per heavy atom. The Balaban J connectivity index is 0.823. The highest BCUT2D eigenvalue weighted by atomic mass is 15.1. The van der Waals surface area contributed by atoms with E-state index in [1.807, 2.05) is 0 Å². The highest BCUT2D eigenvalue weighted by Crippen LogP contribution is 2.59. The van der Waals surface area contributed by atoms with Gasteiger partial charge in [-0.05, 0) is 172 Å². The van der Waals surface area contributed by atoms with Crippen molar-refractivity contribution in [3.05, 3.63) is 396 Å². The molecular formula is C86H58N2. The Hall–Kier alpha value is -11.3. The van der Waals surface area contributed by atoms with Crippen molar-refractivity contribution in [1.29, 1.82) is 0 Å². The first kappa shape index (κ1) is 51.1. The van der Waals surface area contributed by atoms with E-state index < -0.39 is 10.8 Å². The molecule has 0 spiro atoms. The van der Waals surface area contributed by atoms with Crippen LogP contribution in [-0.2, 0) is 10.8 Å². The smallest absolute Gasteiger partial charge is 0.0714 e. The van der Waals surface area contributed by atoms with E-state index in [9.17, 15) is 0 Å². The van der Waals surface area contributed by atoms with Crippen LogP contribution in [0.15, 0.2) is 352 Å². The largest absolute Gasteiger partial charge is 0.310 e. The van der Waals surface area contributed by atoms with Crippen molar-refractivity contribution >= 4 is 66.4 Å². The maximum absolute atomic E-state index is 2.49. The number of fused-ring (bicyclic) bond motifs is 9. The highest BCUT2D eigenvalue weighted by molar-refractivity contribution is 6.07. The lowest BCUT2D eigenvalue weighted by Crippen LogP contribution is -2.28. The van der Waals surface area contributed by atoms with Gasteiger partial charge in [0.2, 0.25) is 0 Å². The third-order valence-electron chi connectivity index (χ3n) is 19.0. The van der Waals surface area contributed by atoms with Crippen molar-refractivity contribution in [2.24, 2.45) is 0 Å². The standard InChI is InChI=1S/C86H58N2/c1-5-27-64(28-6-1)85(65-29-7-2-8-30-65)80-39-21-19-36-75(80)77-51-49-71(57-82(77)85)87(69-47-41-59-23-13-15-25-62(59)55-69)68-45-43-61(44-46-68)73-53-54-84(79-38-18-17-35-74(73)79)88(70-48-42-60-24-14-16-26-63(60)56-70)72-50-52-78-76-37-20-22-40-81(76)86(83(78)58-72,66-31-9-3-10-32-66)67-33-11-4-12-34-67/h1-58H. The Bertz CT molecular complexity index is 5070. The summed E-state index contributed by atoms with van der Waals surface area (Å²) in [7, 11) is 0. The number of rotatable bonds is 11. The summed E-state index contributed by atoms with van der Waals surface area (Å²) in [4.78, 5) is 4.94. The summed E-state index contributed by atoms with van der Waals surface area (Å²) in [5.74, 6) is 0. The first-order valence-electron chi connectivity index (χ1n) is 30.6. The Morgan fingerprint density at radius 2 is 0.534 bits per heavy atom. The van der Waals surface area contributed by atoms with Crippen molar-refractivity contribution in [2.75, 3.05) is 9.80 Å². The van der Waals surface area contributed by atoms with Crippen LogP contribution >= 0.6 is 0 Å². The normalized spacial score (nSPS) is 13.2. The lowest BCUT2D eigenvalue weighted by atomic mass is 9.67. The van der Waals surface area contributed by atoms with Gasteiger partial charge in [-0.2, -0.15) is 0 Å². The predicted molar refractivity (Wildman–Crippen MR) is 368 cm³/mol. The predicted octanol–water partition coefficient (Wildman–Crippen LogP) is 22.5. The van der Waals surface area contributed by atoms with Crippen LogP contribution < -0.4 is 9.80 Å². The monoisotopic (exact) mass is 1120 g/mol. The molecule has 0 aromatic heterocycles. The van der Waals surface area contributed by atoms with Gasteiger partial charge in [0.05, 0.1) is 16.5 Å². The van der Waals surface area contributed by atoms with Crippen LogP contribution in [0.1, 0.15) is 44.5 Å². The van der Waals surface area contributed by atoms with E-state index in [1.165, 1.54) is 99.3 Å². The van der Waals surface area contributed by atoms with Gasteiger partial charge in [-0.25, -0.2) is 0 Å². The minimum absolute atomic E-state index is 0.540. The van der Waals surface area contributed by atoms with E-state index in [-0.39, 0.29) is 0 Å². The van der Waals surface area contributed by atoms with Crippen LogP contribution in [0.25, 0.3) is 65.7 Å². The van der Waals surface area contributed by atoms with Gasteiger partial charge < -0.3 is 9.80 Å². The first-order valence-corrected chi connectivity index (χ1v) is 30.6. The molecule has 15 aromatic rings. The van der Waals surface area contributed by atoms with Gasteiger partial charge >= 0.3 is 0 Å². The van der Waals surface area contributed by atoms with Gasteiger partial charge in [-0.3, -0.25) is 0 Å². The molecule has 2 heteroatoms. The molecule has 0 heterocycles. The molecule has 88 heavy (non-hydrogen) atoms. The number of benzene rings is 15. The molecule has 2 aliphatic carbocycles. The number of nitrogens with zero attached hydrogens (tertiary/aromatic N) is 2. The third-order valence-corrected chi connectivity index (χ3v) is 19.0. The fourth-order valence-electron chi connectivity index (χ4n) is 15.2. The molecule has 0 radical (unpaired) electrons. The molecule has 15 aromatic carbocycles. The van der Waals surface area contributed by atoms with E-state index in [1.54, 1.807) is 0 Å². The lowest BCUT2D eigenvalue weighted by molar-refractivity contribution is 0.768. The van der Waals surface area contributed by atoms with Gasteiger partial charge in [0.1, 0.15) is 0 Å². The zero-order chi connectivity index (χ0) is 58.2. The Labute approximate surface area is 513 Å². The van der Waals surface area contributed by atoms with E-state index >= 15 is 0 Å². The molecule has 0 saturated carbocycles. The van der Waals surface area contributed by atoms with Gasteiger partial charge in [0.25, 0.3) is 0 Å². The van der Waals surface area contributed by atoms with Crippen LogP contribution in [0.5, 0.6) is 0 Å². The Kier molecular flexibility index (Phi) is 12.0. The van der Waals surface area contributed by atoms with Crippen LogP contribution in [0.2, 0.25) is 0 Å². The molecule has 2 aliphatic rings. The zero-order valence-corrected chi connectivity index (χ0v) is 48.4.